The molecule has 0 spiro atoms. The van der Waals surface area contributed by atoms with Crippen LogP contribution in [0.1, 0.15) is 17.8 Å². The van der Waals surface area contributed by atoms with Crippen LogP contribution >= 0.6 is 0 Å². The molecule has 0 saturated carbocycles. The summed E-state index contributed by atoms with van der Waals surface area (Å²) in [5.41, 5.74) is 3.24. The molecule has 7 heteroatoms. The highest BCUT2D eigenvalue weighted by molar-refractivity contribution is 5.95. The van der Waals surface area contributed by atoms with Crippen LogP contribution in [0.2, 0.25) is 0 Å². The van der Waals surface area contributed by atoms with E-state index in [2.05, 4.69) is 9.97 Å². The minimum atomic E-state index is 0.0234. The minimum absolute atomic E-state index is 0.0234. The zero-order valence-corrected chi connectivity index (χ0v) is 12.2. The third-order valence-corrected chi connectivity index (χ3v) is 3.99. The summed E-state index contributed by atoms with van der Waals surface area (Å²) in [6.45, 7) is 3.58. The van der Waals surface area contributed by atoms with Crippen LogP contribution in [-0.2, 0) is 11.2 Å². The molecule has 2 aliphatic rings. The summed E-state index contributed by atoms with van der Waals surface area (Å²) < 4.78 is 30.2. The van der Waals surface area contributed by atoms with Crippen LogP contribution in [0.25, 0.3) is 10.9 Å². The number of nitrogens with one attached hydrogen (secondary N) is 1. The molecule has 1 N–H and O–H groups in total. The largest absolute Gasteiger partial charge is 0.491 e. The van der Waals surface area contributed by atoms with Gasteiger partial charge in [0.15, 0.2) is 11.6 Å². The van der Waals surface area contributed by atoms with E-state index in [0.717, 1.165) is 18.4 Å². The topological polar surface area (TPSA) is 65.5 Å². The van der Waals surface area contributed by atoms with Crippen molar-refractivity contribution >= 4 is 16.7 Å². The second-order valence-corrected chi connectivity index (χ2v) is 5.49. The van der Waals surface area contributed by atoms with Crippen molar-refractivity contribution in [2.45, 2.75) is 25.9 Å². The molecule has 1 aromatic heterocycles. The van der Waals surface area contributed by atoms with Crippen LogP contribution in [0.3, 0.4) is 0 Å². The fourth-order valence-electron chi connectivity index (χ4n) is 2.97. The van der Waals surface area contributed by atoms with Crippen LogP contribution < -0.4 is 15.0 Å². The van der Waals surface area contributed by atoms with Crippen molar-refractivity contribution in [2.75, 3.05) is 25.4 Å². The smallest absolute Gasteiger partial charge is 0.166 e. The summed E-state index contributed by atoms with van der Waals surface area (Å²) in [4.78, 5) is 8.49. The van der Waals surface area contributed by atoms with Gasteiger partial charge >= 0.3 is 0 Å². The number of aromatic nitrogens is 2. The van der Waals surface area contributed by atoms with Gasteiger partial charge in [-0.2, -0.15) is 0 Å². The molecule has 2 aromatic rings. The molecule has 4 rings (SSSR count). The van der Waals surface area contributed by atoms with Gasteiger partial charge in [-0.25, -0.2) is 15.5 Å². The van der Waals surface area contributed by atoms with Gasteiger partial charge < -0.3 is 14.2 Å². The molecule has 1 aromatic carbocycles. The minimum Gasteiger partial charge on any atom is -0.491 e. The maximum absolute atomic E-state index is 13.1. The Morgan fingerprint density at radius 3 is 3.05 bits per heavy atom. The number of hydrogen-bond donors (Lipinski definition) is 1. The summed E-state index contributed by atoms with van der Waals surface area (Å²) in [7, 11) is 0. The highest BCUT2D eigenvalue weighted by Crippen LogP contribution is 2.42. The molecule has 116 valence electrons. The van der Waals surface area contributed by atoms with E-state index >= 15 is 0 Å². The predicted octanol–water partition coefficient (Wildman–Crippen LogP) is 2.34. The molecule has 6 nitrogen and oxygen atoms in total. The van der Waals surface area contributed by atoms with Gasteiger partial charge in [0, 0.05) is 18.4 Å². The monoisotopic (exact) mass is 305 g/mol. The van der Waals surface area contributed by atoms with Crippen LogP contribution in [-0.4, -0.2) is 35.9 Å². The zero-order valence-electron chi connectivity index (χ0n) is 12.2. The molecule has 22 heavy (non-hydrogen) atoms. The van der Waals surface area contributed by atoms with E-state index in [1.54, 1.807) is 18.5 Å². The third kappa shape index (κ3) is 2.12. The molecule has 2 aliphatic heterocycles. The number of hydrogen-bond acceptors (Lipinski definition) is 6. The first-order valence-corrected chi connectivity index (χ1v) is 7.34. The van der Waals surface area contributed by atoms with Crippen LogP contribution in [0.4, 0.5) is 10.3 Å². The molecule has 0 unspecified atom stereocenters. The van der Waals surface area contributed by atoms with Crippen molar-refractivity contribution in [3.63, 3.8) is 0 Å². The zero-order chi connectivity index (χ0) is 15.1. The molecule has 3 heterocycles. The van der Waals surface area contributed by atoms with Gasteiger partial charge in [-0.05, 0) is 13.0 Å². The van der Waals surface area contributed by atoms with Gasteiger partial charge in [0.05, 0.1) is 25.2 Å². The van der Waals surface area contributed by atoms with Gasteiger partial charge in [0.25, 0.3) is 0 Å². The van der Waals surface area contributed by atoms with Crippen molar-refractivity contribution in [3.8, 4) is 11.5 Å². The van der Waals surface area contributed by atoms with E-state index in [0.29, 0.717) is 48.0 Å². The highest BCUT2D eigenvalue weighted by Gasteiger charge is 2.26. The predicted molar refractivity (Wildman–Crippen MR) is 78.1 cm³/mol. The number of nitrogens with zero attached hydrogens (tertiary/aromatic N) is 2. The Morgan fingerprint density at radius 1 is 1.36 bits per heavy atom. The summed E-state index contributed by atoms with van der Waals surface area (Å²) in [6, 6.07) is 1.79. The van der Waals surface area contributed by atoms with Crippen molar-refractivity contribution in [1.82, 2.24) is 9.97 Å². The lowest BCUT2D eigenvalue weighted by atomic mass is 10.1. The summed E-state index contributed by atoms with van der Waals surface area (Å²) in [5, 5.41) is 0.558. The van der Waals surface area contributed by atoms with E-state index in [1.165, 1.54) is 0 Å². The number of halogens is 1. The Morgan fingerprint density at radius 2 is 2.27 bits per heavy atom. The van der Waals surface area contributed by atoms with Crippen molar-refractivity contribution in [2.24, 2.45) is 0 Å². The second-order valence-electron chi connectivity index (χ2n) is 5.49. The van der Waals surface area contributed by atoms with E-state index < -0.39 is 0 Å². The van der Waals surface area contributed by atoms with E-state index in [4.69, 9.17) is 14.2 Å². The average Bonchev–Trinajstić information content (AvgIpc) is 3.18. The van der Waals surface area contributed by atoms with Gasteiger partial charge in [0.2, 0.25) is 0 Å². The van der Waals surface area contributed by atoms with Gasteiger partial charge in [-0.1, -0.05) is 0 Å². The number of rotatable bonds is 3. The average molecular weight is 305 g/mol. The summed E-state index contributed by atoms with van der Waals surface area (Å²) in [5.74, 6) is 2.00. The molecule has 1 atom stereocenters. The Bertz CT molecular complexity index is 732. The number of anilines is 1. The number of fused-ring (bicyclic) bond motifs is 3. The Kier molecular flexibility index (Phi) is 3.22. The van der Waals surface area contributed by atoms with Crippen LogP contribution in [0.5, 0.6) is 11.5 Å². The highest BCUT2D eigenvalue weighted by atomic mass is 19.2. The van der Waals surface area contributed by atoms with Crippen molar-refractivity contribution < 1.29 is 18.7 Å². The molecule has 1 fully saturated rings. The van der Waals surface area contributed by atoms with Gasteiger partial charge in [0.1, 0.15) is 23.2 Å². The Labute approximate surface area is 126 Å². The molecule has 0 amide bonds. The summed E-state index contributed by atoms with van der Waals surface area (Å²) >= 11 is 0. The quantitative estimate of drug-likeness (QED) is 0.878. The normalized spacial score (nSPS) is 20.0. The number of ether oxygens (including phenoxy) is 3. The SMILES string of the molecule is Cc1nc(NF)c2cc(O[C@H]3CCOC3)c3c(c2n1)OCC3. The molecule has 0 radical (unpaired) electrons. The third-order valence-electron chi connectivity index (χ3n) is 3.99. The van der Waals surface area contributed by atoms with Crippen LogP contribution in [0, 0.1) is 6.92 Å². The van der Waals surface area contributed by atoms with Crippen molar-refractivity contribution in [3.05, 3.63) is 17.5 Å². The van der Waals surface area contributed by atoms with Gasteiger partial charge in [-0.3, -0.25) is 0 Å². The lowest BCUT2D eigenvalue weighted by Gasteiger charge is -2.16. The maximum Gasteiger partial charge on any atom is 0.166 e. The van der Waals surface area contributed by atoms with E-state index in [9.17, 15) is 4.48 Å². The van der Waals surface area contributed by atoms with E-state index in [-0.39, 0.29) is 11.9 Å². The Balaban J connectivity index is 1.88. The molecular formula is C15H16FN3O3. The standard InChI is InChI=1S/C15H16FN3O3/c1-8-17-13-11(15(18-8)19-16)6-12(10-3-5-21-14(10)13)22-9-2-4-20-7-9/h6,9H,2-5,7H2,1H3,(H,17,18,19)/t9-/m0/s1. The molecule has 0 bridgehead atoms. The summed E-state index contributed by atoms with van der Waals surface area (Å²) in [6.07, 6.45) is 1.64. The van der Waals surface area contributed by atoms with Crippen LogP contribution in [0.15, 0.2) is 6.07 Å². The lowest BCUT2D eigenvalue weighted by Crippen LogP contribution is -2.16. The Hall–Kier alpha value is -2.15. The number of aryl methyl sites for hydroxylation is 1. The first-order valence-electron chi connectivity index (χ1n) is 7.34. The molecule has 0 aliphatic carbocycles. The fraction of sp³-hybridized carbons (Fsp3) is 0.467. The first kappa shape index (κ1) is 13.5. The molecule has 1 saturated heterocycles. The maximum atomic E-state index is 13.1. The number of benzene rings is 1. The fourth-order valence-corrected chi connectivity index (χ4v) is 2.97. The van der Waals surface area contributed by atoms with Gasteiger partial charge in [-0.15, -0.1) is 4.48 Å². The van der Waals surface area contributed by atoms with Crippen molar-refractivity contribution in [1.29, 1.82) is 0 Å². The first-order chi connectivity index (χ1) is 10.8. The molecular weight excluding hydrogens is 289 g/mol. The lowest BCUT2D eigenvalue weighted by molar-refractivity contribution is 0.141. The van der Waals surface area contributed by atoms with E-state index in [1.807, 2.05) is 0 Å². The second kappa shape index (κ2) is 5.24.